The second-order valence-electron chi connectivity index (χ2n) is 5.41. The van der Waals surface area contributed by atoms with Gasteiger partial charge in [0.25, 0.3) is 5.91 Å². The van der Waals surface area contributed by atoms with Gasteiger partial charge in [-0.15, -0.1) is 0 Å². The fourth-order valence-electron chi connectivity index (χ4n) is 2.77. The van der Waals surface area contributed by atoms with Crippen LogP contribution < -0.4 is 10.5 Å². The number of hydrogen-bond acceptors (Lipinski definition) is 3. The van der Waals surface area contributed by atoms with Crippen molar-refractivity contribution in [1.82, 2.24) is 4.90 Å². The Labute approximate surface area is 114 Å². The lowest BCUT2D eigenvalue weighted by atomic mass is 10.0. The molecule has 1 aliphatic rings. The van der Waals surface area contributed by atoms with Gasteiger partial charge in [0.05, 0.1) is 12.8 Å². The number of benzene rings is 1. The molecule has 1 aromatic rings. The highest BCUT2D eigenvalue weighted by atomic mass is 16.5. The van der Waals surface area contributed by atoms with Crippen molar-refractivity contribution in [2.45, 2.75) is 32.7 Å². The molecule has 1 atom stereocenters. The Morgan fingerprint density at radius 1 is 1.47 bits per heavy atom. The molecule has 4 heteroatoms. The van der Waals surface area contributed by atoms with E-state index >= 15 is 0 Å². The monoisotopic (exact) mass is 262 g/mol. The van der Waals surface area contributed by atoms with Crippen LogP contribution in [0, 0.1) is 5.92 Å². The number of carbonyl (C=O) groups is 1. The van der Waals surface area contributed by atoms with E-state index in [0.29, 0.717) is 29.0 Å². The first-order valence-corrected chi connectivity index (χ1v) is 6.79. The van der Waals surface area contributed by atoms with Gasteiger partial charge in [-0.25, -0.2) is 0 Å². The fourth-order valence-corrected chi connectivity index (χ4v) is 2.77. The van der Waals surface area contributed by atoms with Crippen molar-refractivity contribution in [2.24, 2.45) is 5.92 Å². The molecule has 2 N–H and O–H groups in total. The number of likely N-dealkylation sites (tertiary alicyclic amines) is 1. The van der Waals surface area contributed by atoms with Crippen LogP contribution in [0.25, 0.3) is 0 Å². The maximum atomic E-state index is 12.5. The van der Waals surface area contributed by atoms with Gasteiger partial charge < -0.3 is 15.4 Å². The molecule has 4 nitrogen and oxygen atoms in total. The Morgan fingerprint density at radius 2 is 2.21 bits per heavy atom. The highest BCUT2D eigenvalue weighted by Crippen LogP contribution is 2.28. The van der Waals surface area contributed by atoms with E-state index in [1.54, 1.807) is 25.3 Å². The molecule has 2 rings (SSSR count). The summed E-state index contributed by atoms with van der Waals surface area (Å²) in [5.41, 5.74) is 7.02. The SMILES string of the molecule is COc1ccc(C(=O)N2CCCC2C(C)C)cc1N. The third kappa shape index (κ3) is 2.67. The van der Waals surface area contributed by atoms with Crippen LogP contribution >= 0.6 is 0 Å². The molecular formula is C15H22N2O2. The summed E-state index contributed by atoms with van der Waals surface area (Å²) in [5, 5.41) is 0. The zero-order valence-corrected chi connectivity index (χ0v) is 11.8. The topological polar surface area (TPSA) is 55.6 Å². The molecule has 1 saturated heterocycles. The van der Waals surface area contributed by atoms with E-state index in [1.807, 2.05) is 4.90 Å². The number of nitrogens with two attached hydrogens (primary N) is 1. The quantitative estimate of drug-likeness (QED) is 0.852. The van der Waals surface area contributed by atoms with E-state index in [4.69, 9.17) is 10.5 Å². The number of nitrogens with zero attached hydrogens (tertiary/aromatic N) is 1. The number of nitrogen functional groups attached to an aromatic ring is 1. The Kier molecular flexibility index (Phi) is 3.98. The van der Waals surface area contributed by atoms with Gasteiger partial charge >= 0.3 is 0 Å². The average Bonchev–Trinajstić information content (AvgIpc) is 2.87. The molecule has 19 heavy (non-hydrogen) atoms. The number of rotatable bonds is 3. The lowest BCUT2D eigenvalue weighted by molar-refractivity contribution is 0.0701. The fraction of sp³-hybridized carbons (Fsp3) is 0.533. The second-order valence-corrected chi connectivity index (χ2v) is 5.41. The predicted octanol–water partition coefficient (Wildman–Crippen LogP) is 2.54. The highest BCUT2D eigenvalue weighted by Gasteiger charge is 2.31. The first-order chi connectivity index (χ1) is 9.04. The van der Waals surface area contributed by atoms with Crippen molar-refractivity contribution < 1.29 is 9.53 Å². The summed E-state index contributed by atoms with van der Waals surface area (Å²) in [7, 11) is 1.57. The molecular weight excluding hydrogens is 240 g/mol. The maximum absolute atomic E-state index is 12.5. The van der Waals surface area contributed by atoms with E-state index in [0.717, 1.165) is 19.4 Å². The first kappa shape index (κ1) is 13.7. The molecule has 0 bridgehead atoms. The Bertz CT molecular complexity index is 471. The van der Waals surface area contributed by atoms with E-state index in [-0.39, 0.29) is 5.91 Å². The van der Waals surface area contributed by atoms with Crippen LogP contribution in [-0.4, -0.2) is 30.5 Å². The predicted molar refractivity (Wildman–Crippen MR) is 76.3 cm³/mol. The zero-order valence-electron chi connectivity index (χ0n) is 11.8. The standard InChI is InChI=1S/C15H22N2O2/c1-10(2)13-5-4-8-17(13)15(18)11-6-7-14(19-3)12(16)9-11/h6-7,9-10,13H,4-5,8,16H2,1-3H3. The van der Waals surface area contributed by atoms with Crippen LogP contribution in [0.2, 0.25) is 0 Å². The van der Waals surface area contributed by atoms with Crippen molar-refractivity contribution in [2.75, 3.05) is 19.4 Å². The van der Waals surface area contributed by atoms with Gasteiger partial charge in [-0.05, 0) is 37.0 Å². The van der Waals surface area contributed by atoms with Crippen molar-refractivity contribution in [3.63, 3.8) is 0 Å². The van der Waals surface area contributed by atoms with E-state index in [2.05, 4.69) is 13.8 Å². The Balaban J connectivity index is 2.22. The van der Waals surface area contributed by atoms with Gasteiger partial charge in [-0.1, -0.05) is 13.8 Å². The summed E-state index contributed by atoms with van der Waals surface area (Å²) in [5.74, 6) is 1.17. The molecule has 1 unspecified atom stereocenters. The third-order valence-corrected chi connectivity index (χ3v) is 3.81. The molecule has 0 saturated carbocycles. The minimum absolute atomic E-state index is 0.0746. The maximum Gasteiger partial charge on any atom is 0.254 e. The number of amides is 1. The van der Waals surface area contributed by atoms with Crippen LogP contribution in [-0.2, 0) is 0 Å². The van der Waals surface area contributed by atoms with Crippen LogP contribution in [0.3, 0.4) is 0 Å². The van der Waals surface area contributed by atoms with Crippen LogP contribution in [0.15, 0.2) is 18.2 Å². The zero-order chi connectivity index (χ0) is 14.0. The summed E-state index contributed by atoms with van der Waals surface area (Å²) >= 11 is 0. The minimum atomic E-state index is 0.0746. The van der Waals surface area contributed by atoms with Crippen molar-refractivity contribution in [1.29, 1.82) is 0 Å². The summed E-state index contributed by atoms with van der Waals surface area (Å²) in [6, 6.07) is 5.59. The number of methoxy groups -OCH3 is 1. The van der Waals surface area contributed by atoms with E-state index in [1.165, 1.54) is 0 Å². The summed E-state index contributed by atoms with van der Waals surface area (Å²) < 4.78 is 5.11. The highest BCUT2D eigenvalue weighted by molar-refractivity contribution is 5.95. The average molecular weight is 262 g/mol. The normalized spacial score (nSPS) is 18.9. The van der Waals surface area contributed by atoms with Gasteiger partial charge in [0.1, 0.15) is 5.75 Å². The molecule has 1 aromatic carbocycles. The summed E-state index contributed by atoms with van der Waals surface area (Å²) in [6.07, 6.45) is 2.18. The van der Waals surface area contributed by atoms with E-state index in [9.17, 15) is 4.79 Å². The largest absolute Gasteiger partial charge is 0.495 e. The van der Waals surface area contributed by atoms with Gasteiger partial charge in [0.2, 0.25) is 0 Å². The number of ether oxygens (including phenoxy) is 1. The van der Waals surface area contributed by atoms with Gasteiger partial charge in [-0.3, -0.25) is 4.79 Å². The molecule has 0 aromatic heterocycles. The van der Waals surface area contributed by atoms with E-state index < -0.39 is 0 Å². The summed E-state index contributed by atoms with van der Waals surface area (Å²) in [4.78, 5) is 14.5. The lowest BCUT2D eigenvalue weighted by Crippen LogP contribution is -2.38. The molecule has 0 spiro atoms. The summed E-state index contributed by atoms with van der Waals surface area (Å²) in [6.45, 7) is 5.17. The molecule has 0 radical (unpaired) electrons. The number of anilines is 1. The van der Waals surface area contributed by atoms with Crippen LogP contribution in [0.4, 0.5) is 5.69 Å². The molecule has 104 valence electrons. The van der Waals surface area contributed by atoms with Crippen LogP contribution in [0.1, 0.15) is 37.0 Å². The molecule has 0 aliphatic carbocycles. The number of carbonyl (C=O) groups excluding carboxylic acids is 1. The third-order valence-electron chi connectivity index (χ3n) is 3.81. The van der Waals surface area contributed by atoms with Crippen LogP contribution in [0.5, 0.6) is 5.75 Å². The second kappa shape index (κ2) is 5.51. The minimum Gasteiger partial charge on any atom is -0.495 e. The molecule has 1 amide bonds. The smallest absolute Gasteiger partial charge is 0.254 e. The van der Waals surface area contributed by atoms with Gasteiger partial charge in [0, 0.05) is 18.2 Å². The van der Waals surface area contributed by atoms with Gasteiger partial charge in [0.15, 0.2) is 0 Å². The first-order valence-electron chi connectivity index (χ1n) is 6.79. The Hall–Kier alpha value is -1.71. The number of hydrogen-bond donors (Lipinski definition) is 1. The molecule has 1 fully saturated rings. The van der Waals surface area contributed by atoms with Crippen molar-refractivity contribution >= 4 is 11.6 Å². The Morgan fingerprint density at radius 3 is 2.79 bits per heavy atom. The van der Waals surface area contributed by atoms with Crippen molar-refractivity contribution in [3.05, 3.63) is 23.8 Å². The van der Waals surface area contributed by atoms with Crippen molar-refractivity contribution in [3.8, 4) is 5.75 Å². The lowest BCUT2D eigenvalue weighted by Gasteiger charge is -2.28. The van der Waals surface area contributed by atoms with Gasteiger partial charge in [-0.2, -0.15) is 0 Å². The molecule has 1 aliphatic heterocycles. The molecule has 1 heterocycles.